The van der Waals surface area contributed by atoms with Crippen molar-refractivity contribution in [3.8, 4) is 0 Å². The Labute approximate surface area is 158 Å². The van der Waals surface area contributed by atoms with Gasteiger partial charge in [0.05, 0.1) is 6.42 Å². The zero-order valence-electron chi connectivity index (χ0n) is 16.0. The Morgan fingerprint density at radius 1 is 1.19 bits per heavy atom. The molecule has 2 aliphatic rings. The number of hydrogen-bond acceptors (Lipinski definition) is 5. The first-order valence-corrected chi connectivity index (χ1v) is 9.67. The molecule has 0 atom stereocenters. The van der Waals surface area contributed by atoms with E-state index in [2.05, 4.69) is 10.1 Å². The summed E-state index contributed by atoms with van der Waals surface area (Å²) in [6, 6.07) is 7.59. The molecule has 0 bridgehead atoms. The van der Waals surface area contributed by atoms with Crippen LogP contribution in [0.3, 0.4) is 0 Å². The Kier molecular flexibility index (Phi) is 4.63. The van der Waals surface area contributed by atoms with Gasteiger partial charge in [0.15, 0.2) is 5.58 Å². The van der Waals surface area contributed by atoms with Crippen LogP contribution in [0.15, 0.2) is 28.8 Å². The lowest BCUT2D eigenvalue weighted by molar-refractivity contribution is -0.156. The highest BCUT2D eigenvalue weighted by molar-refractivity contribution is 5.89. The molecular formula is C20H26N4O3. The summed E-state index contributed by atoms with van der Waals surface area (Å²) in [5.74, 6) is 0.260. The van der Waals surface area contributed by atoms with E-state index in [1.807, 2.05) is 48.0 Å². The quantitative estimate of drug-likeness (QED) is 0.819. The smallest absolute Gasteiger partial charge is 0.243 e. The van der Waals surface area contributed by atoms with E-state index in [4.69, 9.17) is 4.52 Å². The summed E-state index contributed by atoms with van der Waals surface area (Å²) in [6.45, 7) is 5.65. The Morgan fingerprint density at radius 3 is 2.67 bits per heavy atom. The fraction of sp³-hybridized carbons (Fsp3) is 0.550. The molecule has 7 nitrogen and oxygen atoms in total. The highest BCUT2D eigenvalue weighted by atomic mass is 16.5. The van der Waals surface area contributed by atoms with Gasteiger partial charge in [0.1, 0.15) is 11.2 Å². The second-order valence-electron chi connectivity index (χ2n) is 7.52. The predicted octanol–water partition coefficient (Wildman–Crippen LogP) is 1.53. The lowest BCUT2D eigenvalue weighted by atomic mass is 9.82. The Bertz CT molecular complexity index is 854. The summed E-state index contributed by atoms with van der Waals surface area (Å²) in [5.41, 5.74) is 0.928. The van der Waals surface area contributed by atoms with Gasteiger partial charge >= 0.3 is 0 Å². The lowest BCUT2D eigenvalue weighted by Crippen LogP contribution is -2.67. The third kappa shape index (κ3) is 3.00. The fourth-order valence-corrected chi connectivity index (χ4v) is 4.39. The molecule has 3 heterocycles. The van der Waals surface area contributed by atoms with Crippen LogP contribution in [0, 0.1) is 0 Å². The number of fused-ring (bicyclic) bond motifs is 1. The number of nitrogens with zero attached hydrogens (tertiary/aromatic N) is 4. The first kappa shape index (κ1) is 18.0. The van der Waals surface area contributed by atoms with Gasteiger partial charge < -0.3 is 14.3 Å². The van der Waals surface area contributed by atoms with Crippen LogP contribution in [0.25, 0.3) is 11.0 Å². The van der Waals surface area contributed by atoms with Gasteiger partial charge in [0, 0.05) is 38.1 Å². The number of carbonyl (C=O) groups excluding carboxylic acids is 2. The second-order valence-corrected chi connectivity index (χ2v) is 7.52. The van der Waals surface area contributed by atoms with E-state index in [-0.39, 0.29) is 18.2 Å². The van der Waals surface area contributed by atoms with Crippen LogP contribution >= 0.6 is 0 Å². The fourth-order valence-electron chi connectivity index (χ4n) is 4.39. The van der Waals surface area contributed by atoms with Crippen molar-refractivity contribution in [1.29, 1.82) is 0 Å². The molecule has 1 aromatic heterocycles. The molecule has 27 heavy (non-hydrogen) atoms. The largest absolute Gasteiger partial charge is 0.356 e. The van der Waals surface area contributed by atoms with Crippen LogP contribution in [0.1, 0.15) is 25.5 Å². The number of carbonyl (C=O) groups is 2. The molecule has 1 spiro atoms. The van der Waals surface area contributed by atoms with Crippen molar-refractivity contribution < 1.29 is 14.1 Å². The van der Waals surface area contributed by atoms with Gasteiger partial charge in [-0.05, 0) is 38.9 Å². The van der Waals surface area contributed by atoms with Gasteiger partial charge in [0.2, 0.25) is 11.8 Å². The van der Waals surface area contributed by atoms with Gasteiger partial charge in [0.25, 0.3) is 0 Å². The zero-order valence-corrected chi connectivity index (χ0v) is 16.0. The summed E-state index contributed by atoms with van der Waals surface area (Å²) >= 11 is 0. The van der Waals surface area contributed by atoms with E-state index in [1.54, 1.807) is 0 Å². The topological polar surface area (TPSA) is 69.9 Å². The average Bonchev–Trinajstić information content (AvgIpc) is 3.10. The van der Waals surface area contributed by atoms with Crippen molar-refractivity contribution >= 4 is 22.8 Å². The highest BCUT2D eigenvalue weighted by Crippen LogP contribution is 2.33. The number of likely N-dealkylation sites (N-methyl/N-ethyl adjacent to an activating group) is 2. The molecule has 144 valence electrons. The summed E-state index contributed by atoms with van der Waals surface area (Å²) in [4.78, 5) is 31.8. The molecule has 0 N–H and O–H groups in total. The highest BCUT2D eigenvalue weighted by Gasteiger charge is 2.49. The maximum absolute atomic E-state index is 13.0. The molecule has 7 heteroatoms. The van der Waals surface area contributed by atoms with Gasteiger partial charge in [-0.25, -0.2) is 0 Å². The third-order valence-corrected chi connectivity index (χ3v) is 6.22. The Balaban J connectivity index is 1.44. The van der Waals surface area contributed by atoms with Crippen molar-refractivity contribution in [2.24, 2.45) is 0 Å². The molecular weight excluding hydrogens is 344 g/mol. The minimum atomic E-state index is -0.453. The Hall–Kier alpha value is -2.41. The van der Waals surface area contributed by atoms with Gasteiger partial charge in [-0.1, -0.05) is 17.3 Å². The van der Waals surface area contributed by atoms with Crippen molar-refractivity contribution in [1.82, 2.24) is 19.9 Å². The second kappa shape index (κ2) is 6.96. The van der Waals surface area contributed by atoms with E-state index in [9.17, 15) is 9.59 Å². The van der Waals surface area contributed by atoms with Crippen molar-refractivity contribution in [2.45, 2.75) is 31.7 Å². The van der Waals surface area contributed by atoms with Gasteiger partial charge in [-0.15, -0.1) is 0 Å². The van der Waals surface area contributed by atoms with E-state index in [0.717, 1.165) is 25.0 Å². The summed E-state index contributed by atoms with van der Waals surface area (Å²) in [6.07, 6.45) is 1.60. The minimum absolute atomic E-state index is 0.0437. The average molecular weight is 370 g/mol. The first-order chi connectivity index (χ1) is 13.0. The minimum Gasteiger partial charge on any atom is -0.356 e. The molecule has 4 rings (SSSR count). The molecule has 2 aromatic rings. The molecule has 0 aliphatic carbocycles. The maximum atomic E-state index is 13.0. The molecule has 0 saturated carbocycles. The lowest BCUT2D eigenvalue weighted by Gasteiger charge is -2.51. The van der Waals surface area contributed by atoms with Crippen molar-refractivity contribution in [2.75, 3.05) is 39.8 Å². The number of aromatic nitrogens is 1. The molecule has 2 amide bonds. The Morgan fingerprint density at radius 2 is 1.93 bits per heavy atom. The number of amides is 2. The summed E-state index contributed by atoms with van der Waals surface area (Å²) < 4.78 is 5.30. The normalized spacial score (nSPS) is 20.6. The SMILES string of the molecule is CCN1CCN(C)C2(CCN(C(=O)Cc3noc4ccccc34)CC2)C1=O. The van der Waals surface area contributed by atoms with Gasteiger partial charge in [-0.2, -0.15) is 0 Å². The number of benzene rings is 1. The number of para-hydroxylation sites is 1. The monoisotopic (exact) mass is 370 g/mol. The van der Waals surface area contributed by atoms with Crippen LogP contribution in [0.5, 0.6) is 0 Å². The van der Waals surface area contributed by atoms with E-state index < -0.39 is 5.54 Å². The number of hydrogen-bond donors (Lipinski definition) is 0. The van der Waals surface area contributed by atoms with Crippen LogP contribution in [0.4, 0.5) is 0 Å². The third-order valence-electron chi connectivity index (χ3n) is 6.22. The first-order valence-electron chi connectivity index (χ1n) is 9.67. The van der Waals surface area contributed by atoms with Gasteiger partial charge in [-0.3, -0.25) is 14.5 Å². The molecule has 2 saturated heterocycles. The number of piperidine rings is 1. The zero-order chi connectivity index (χ0) is 19.0. The molecule has 0 radical (unpaired) electrons. The number of piperazine rings is 1. The number of likely N-dealkylation sites (tertiary alicyclic amines) is 1. The van der Waals surface area contributed by atoms with Crippen LogP contribution in [-0.2, 0) is 16.0 Å². The van der Waals surface area contributed by atoms with E-state index >= 15 is 0 Å². The molecule has 0 unspecified atom stereocenters. The van der Waals surface area contributed by atoms with E-state index in [0.29, 0.717) is 37.2 Å². The van der Waals surface area contributed by atoms with Crippen LogP contribution in [-0.4, -0.2) is 77.0 Å². The standard InChI is InChI=1S/C20H26N4O3/c1-3-23-13-12-22(2)20(19(23)26)8-10-24(11-9-20)18(25)14-16-15-6-4-5-7-17(15)27-21-16/h4-7H,3,8-14H2,1-2H3. The van der Waals surface area contributed by atoms with E-state index in [1.165, 1.54) is 0 Å². The van der Waals surface area contributed by atoms with Crippen molar-refractivity contribution in [3.05, 3.63) is 30.0 Å². The molecule has 2 fully saturated rings. The van der Waals surface area contributed by atoms with Crippen molar-refractivity contribution in [3.63, 3.8) is 0 Å². The number of rotatable bonds is 3. The molecule has 1 aromatic carbocycles. The van der Waals surface area contributed by atoms with Crippen LogP contribution in [0.2, 0.25) is 0 Å². The summed E-state index contributed by atoms with van der Waals surface area (Å²) in [5, 5.41) is 4.96. The summed E-state index contributed by atoms with van der Waals surface area (Å²) in [7, 11) is 2.03. The van der Waals surface area contributed by atoms with Crippen LogP contribution < -0.4 is 0 Å². The molecule has 2 aliphatic heterocycles. The predicted molar refractivity (Wildman–Crippen MR) is 101 cm³/mol. The maximum Gasteiger partial charge on any atom is 0.243 e.